The minimum absolute atomic E-state index is 0. The zero-order chi connectivity index (χ0) is 16.8. The Morgan fingerprint density at radius 1 is 1.04 bits per heavy atom. The van der Waals surface area contributed by atoms with Gasteiger partial charge in [-0.25, -0.2) is 4.57 Å². The molecule has 3 rings (SSSR count). The summed E-state index contributed by atoms with van der Waals surface area (Å²) in [4.78, 5) is 2.59. The van der Waals surface area contributed by atoms with Gasteiger partial charge in [0.2, 0.25) is 0 Å². The fraction of sp³-hybridized carbons (Fsp3) is 0.773. The lowest BCUT2D eigenvalue weighted by Crippen LogP contribution is -3.00. The van der Waals surface area contributed by atoms with Crippen LogP contribution >= 0.6 is 0 Å². The summed E-state index contributed by atoms with van der Waals surface area (Å²) < 4.78 is 2.58. The van der Waals surface area contributed by atoms with Crippen LogP contribution in [0.3, 0.4) is 0 Å². The van der Waals surface area contributed by atoms with Crippen LogP contribution in [-0.4, -0.2) is 18.5 Å². The maximum atomic E-state index is 2.59. The third-order valence-corrected chi connectivity index (χ3v) is 6.32. The summed E-state index contributed by atoms with van der Waals surface area (Å²) in [5.41, 5.74) is 3.27. The second-order valence-electron chi connectivity index (χ2n) is 8.09. The molecule has 2 heterocycles. The molecule has 0 saturated carbocycles. The van der Waals surface area contributed by atoms with Gasteiger partial charge in [-0.2, -0.15) is 0 Å². The van der Waals surface area contributed by atoms with E-state index >= 15 is 0 Å². The summed E-state index contributed by atoms with van der Waals surface area (Å²) in [6, 6.07) is 5.39. The largest absolute Gasteiger partial charge is 1.00 e. The number of rotatable bonds is 9. The average molecular weight is 456 g/mol. The fourth-order valence-electron chi connectivity index (χ4n) is 4.93. The molecule has 1 aromatic heterocycles. The highest BCUT2D eigenvalue weighted by Gasteiger charge is 2.40. The van der Waals surface area contributed by atoms with Gasteiger partial charge in [0, 0.05) is 30.5 Å². The van der Waals surface area contributed by atoms with Crippen molar-refractivity contribution in [2.75, 3.05) is 13.6 Å². The molecule has 0 amide bonds. The summed E-state index contributed by atoms with van der Waals surface area (Å²) in [5.74, 6) is 0.904. The van der Waals surface area contributed by atoms with Crippen molar-refractivity contribution in [3.63, 3.8) is 0 Å². The number of fused-ring (bicyclic) bond motifs is 3. The number of aromatic nitrogens is 1. The number of hydrogen-bond acceptors (Lipinski definition) is 1. The maximum Gasteiger partial charge on any atom is 0.186 e. The smallest absolute Gasteiger partial charge is 0.186 e. The molecule has 2 aliphatic rings. The molecule has 0 aromatic carbocycles. The van der Waals surface area contributed by atoms with Gasteiger partial charge >= 0.3 is 0 Å². The Labute approximate surface area is 172 Å². The summed E-state index contributed by atoms with van der Waals surface area (Å²) in [6.45, 7) is 4.80. The summed E-state index contributed by atoms with van der Waals surface area (Å²) in [6.07, 6.45) is 17.7. The number of likely N-dealkylation sites (tertiary alicyclic amines) is 1. The van der Waals surface area contributed by atoms with Crippen LogP contribution in [0.4, 0.5) is 0 Å². The Bertz CT molecular complexity index is 517. The van der Waals surface area contributed by atoms with Crippen molar-refractivity contribution in [1.29, 1.82) is 0 Å². The molecule has 2 atom stereocenters. The second-order valence-corrected chi connectivity index (χ2v) is 8.09. The molecule has 0 spiro atoms. The second kappa shape index (κ2) is 10.9. The Hall–Kier alpha value is -0.160. The van der Waals surface area contributed by atoms with Crippen LogP contribution in [0.25, 0.3) is 0 Å². The number of aryl methyl sites for hydroxylation is 1. The Kier molecular flexibility index (Phi) is 9.18. The van der Waals surface area contributed by atoms with Crippen LogP contribution in [0.2, 0.25) is 0 Å². The normalized spacial score (nSPS) is 22.3. The van der Waals surface area contributed by atoms with Crippen molar-refractivity contribution in [2.24, 2.45) is 5.92 Å². The first-order valence-electron chi connectivity index (χ1n) is 10.5. The monoisotopic (exact) mass is 456 g/mol. The van der Waals surface area contributed by atoms with E-state index in [9.17, 15) is 0 Å². The van der Waals surface area contributed by atoms with Gasteiger partial charge in [-0.3, -0.25) is 4.90 Å². The van der Waals surface area contributed by atoms with Crippen molar-refractivity contribution in [3.05, 3.63) is 29.6 Å². The molecule has 1 aromatic rings. The molecule has 0 unspecified atom stereocenters. The quantitative estimate of drug-likeness (QED) is 0.314. The minimum atomic E-state index is 0. The standard InChI is InChI=1S/C22H37N2.HI/c1-3-4-5-6-7-8-9-10-16-24-17-11-12-20-21(24)14-13-19-15-18-23(2)22(19)20;/h11-12,17,19,22H,3-10,13-16,18H2,1-2H3;1H/q+1;/p-1/t19-,22+;/m1./s1. The molecular weight excluding hydrogens is 419 g/mol. The van der Waals surface area contributed by atoms with E-state index in [0.29, 0.717) is 6.04 Å². The van der Waals surface area contributed by atoms with Crippen molar-refractivity contribution in [2.45, 2.75) is 90.1 Å². The van der Waals surface area contributed by atoms with E-state index in [1.165, 1.54) is 83.7 Å². The molecule has 1 saturated heterocycles. The van der Waals surface area contributed by atoms with Crippen LogP contribution in [0.1, 0.15) is 88.4 Å². The number of hydrogen-bond donors (Lipinski definition) is 0. The van der Waals surface area contributed by atoms with Gasteiger partial charge in [0.25, 0.3) is 0 Å². The lowest BCUT2D eigenvalue weighted by molar-refractivity contribution is -0.705. The van der Waals surface area contributed by atoms with Crippen LogP contribution in [0, 0.1) is 5.92 Å². The lowest BCUT2D eigenvalue weighted by atomic mass is 9.82. The van der Waals surface area contributed by atoms with E-state index in [4.69, 9.17) is 0 Å². The summed E-state index contributed by atoms with van der Waals surface area (Å²) in [5, 5.41) is 0. The molecule has 0 radical (unpaired) electrons. The summed E-state index contributed by atoms with van der Waals surface area (Å²) in [7, 11) is 2.32. The van der Waals surface area contributed by atoms with Gasteiger partial charge in [-0.15, -0.1) is 0 Å². The van der Waals surface area contributed by atoms with Gasteiger partial charge in [0.15, 0.2) is 11.9 Å². The van der Waals surface area contributed by atoms with Crippen molar-refractivity contribution in [3.8, 4) is 0 Å². The van der Waals surface area contributed by atoms with E-state index in [2.05, 4.69) is 41.8 Å². The first-order valence-corrected chi connectivity index (χ1v) is 10.5. The molecule has 25 heavy (non-hydrogen) atoms. The molecule has 1 aliphatic heterocycles. The lowest BCUT2D eigenvalue weighted by Gasteiger charge is -2.30. The minimum Gasteiger partial charge on any atom is -1.00 e. The Morgan fingerprint density at radius 2 is 1.76 bits per heavy atom. The highest BCUT2D eigenvalue weighted by Crippen LogP contribution is 2.42. The van der Waals surface area contributed by atoms with E-state index in [1.54, 1.807) is 11.3 Å². The molecule has 1 aliphatic carbocycles. The van der Waals surface area contributed by atoms with Gasteiger partial charge in [0.1, 0.15) is 6.54 Å². The first-order chi connectivity index (χ1) is 11.8. The first kappa shape index (κ1) is 21.1. The molecule has 0 N–H and O–H groups in total. The predicted molar refractivity (Wildman–Crippen MR) is 101 cm³/mol. The Morgan fingerprint density at radius 3 is 2.52 bits per heavy atom. The highest BCUT2D eigenvalue weighted by atomic mass is 127. The maximum absolute atomic E-state index is 2.59. The molecule has 2 nitrogen and oxygen atoms in total. The average Bonchev–Trinajstić information content (AvgIpc) is 2.99. The van der Waals surface area contributed by atoms with Gasteiger partial charge in [0.05, 0.1) is 0 Å². The number of halogens is 1. The SMILES string of the molecule is CCCCCCCCCC[n+]1cccc2c1CC[C@@H]1CCN(C)[C@H]21.[I-]. The third-order valence-electron chi connectivity index (χ3n) is 6.32. The van der Waals surface area contributed by atoms with Crippen LogP contribution in [0.5, 0.6) is 0 Å². The van der Waals surface area contributed by atoms with E-state index in [-0.39, 0.29) is 24.0 Å². The highest BCUT2D eigenvalue weighted by molar-refractivity contribution is 5.25. The van der Waals surface area contributed by atoms with Crippen molar-refractivity contribution < 1.29 is 28.5 Å². The van der Waals surface area contributed by atoms with Crippen LogP contribution in [0.15, 0.2) is 18.3 Å². The van der Waals surface area contributed by atoms with Gasteiger partial charge < -0.3 is 24.0 Å². The Balaban J connectivity index is 0.00000225. The summed E-state index contributed by atoms with van der Waals surface area (Å²) >= 11 is 0. The van der Waals surface area contributed by atoms with Crippen LogP contribution in [-0.2, 0) is 13.0 Å². The molecule has 0 bridgehead atoms. The number of pyridine rings is 1. The van der Waals surface area contributed by atoms with E-state index < -0.39 is 0 Å². The zero-order valence-corrected chi connectivity index (χ0v) is 18.5. The van der Waals surface area contributed by atoms with Crippen LogP contribution < -0.4 is 28.5 Å². The number of unbranched alkanes of at least 4 members (excludes halogenated alkanes) is 7. The predicted octanol–water partition coefficient (Wildman–Crippen LogP) is 2.06. The molecule has 3 heteroatoms. The number of nitrogens with zero attached hydrogens (tertiary/aromatic N) is 2. The van der Waals surface area contributed by atoms with Crippen molar-refractivity contribution in [1.82, 2.24) is 4.90 Å². The topological polar surface area (TPSA) is 7.12 Å². The van der Waals surface area contributed by atoms with Gasteiger partial charge in [-0.05, 0) is 44.8 Å². The van der Waals surface area contributed by atoms with Gasteiger partial charge in [-0.1, -0.05) is 45.4 Å². The van der Waals surface area contributed by atoms with E-state index in [0.717, 1.165) is 5.92 Å². The molecule has 1 fully saturated rings. The third kappa shape index (κ3) is 5.41. The molecule has 142 valence electrons. The molecular formula is C22H37IN2. The zero-order valence-electron chi connectivity index (χ0n) is 16.4. The fourth-order valence-corrected chi connectivity index (χ4v) is 4.93. The van der Waals surface area contributed by atoms with E-state index in [1.807, 2.05) is 0 Å². The van der Waals surface area contributed by atoms with Crippen molar-refractivity contribution >= 4 is 0 Å².